The van der Waals surface area contributed by atoms with Gasteiger partial charge in [0.15, 0.2) is 0 Å². The quantitative estimate of drug-likeness (QED) is 0.886. The largest absolute Gasteiger partial charge is 0.453 e. The van der Waals surface area contributed by atoms with Crippen LogP contribution < -0.4 is 4.72 Å². The average molecular weight is 382 g/mol. The van der Waals surface area contributed by atoms with Gasteiger partial charge in [0.2, 0.25) is 0 Å². The molecule has 1 heterocycles. The van der Waals surface area contributed by atoms with Crippen molar-refractivity contribution in [1.82, 2.24) is 4.90 Å². The number of anilines is 1. The Bertz CT molecular complexity index is 963. The van der Waals surface area contributed by atoms with Crippen LogP contribution in [0.1, 0.15) is 11.1 Å². The Morgan fingerprint density at radius 2 is 1.92 bits per heavy atom. The standard InChI is InChI=1S/C17H16F2N2O4S/c1-25-17(22)21-7-6-11-2-4-14(8-12(11)10-21)20-26(23,24)16-9-13(18)3-5-15(16)19/h2-5,8-9,20H,6-7,10H2,1H3. The van der Waals surface area contributed by atoms with Crippen LogP contribution in [-0.2, 0) is 27.7 Å². The summed E-state index contributed by atoms with van der Waals surface area (Å²) in [4.78, 5) is 12.4. The summed E-state index contributed by atoms with van der Waals surface area (Å²) in [5.74, 6) is -1.90. The number of halogens is 2. The van der Waals surface area contributed by atoms with Crippen molar-refractivity contribution in [2.45, 2.75) is 17.9 Å². The summed E-state index contributed by atoms with van der Waals surface area (Å²) in [6.45, 7) is 0.769. The number of hydrogen-bond acceptors (Lipinski definition) is 4. The van der Waals surface area contributed by atoms with E-state index in [1.807, 2.05) is 0 Å². The molecular weight excluding hydrogens is 366 g/mol. The van der Waals surface area contributed by atoms with Crippen molar-refractivity contribution in [3.05, 3.63) is 59.2 Å². The van der Waals surface area contributed by atoms with E-state index in [1.54, 1.807) is 18.2 Å². The zero-order valence-corrected chi connectivity index (χ0v) is 14.6. The number of nitrogens with zero attached hydrogens (tertiary/aromatic N) is 1. The minimum absolute atomic E-state index is 0.194. The van der Waals surface area contributed by atoms with E-state index in [9.17, 15) is 22.0 Å². The molecule has 1 aliphatic heterocycles. The molecule has 0 saturated heterocycles. The first kappa shape index (κ1) is 18.1. The number of hydrogen-bond donors (Lipinski definition) is 1. The van der Waals surface area contributed by atoms with Crippen molar-refractivity contribution >= 4 is 21.8 Å². The summed E-state index contributed by atoms with van der Waals surface area (Å²) in [6.07, 6.45) is 0.138. The third-order valence-corrected chi connectivity index (χ3v) is 5.48. The predicted molar refractivity (Wildman–Crippen MR) is 90.1 cm³/mol. The third kappa shape index (κ3) is 3.62. The molecule has 2 aromatic rings. The second-order valence-corrected chi connectivity index (χ2v) is 7.46. The maximum atomic E-state index is 13.8. The maximum Gasteiger partial charge on any atom is 0.409 e. The molecule has 9 heteroatoms. The SMILES string of the molecule is COC(=O)N1CCc2ccc(NS(=O)(=O)c3cc(F)ccc3F)cc2C1. The first-order valence-electron chi connectivity index (χ1n) is 7.73. The molecule has 138 valence electrons. The molecule has 1 amide bonds. The smallest absolute Gasteiger partial charge is 0.409 e. The fourth-order valence-corrected chi connectivity index (χ4v) is 3.94. The van der Waals surface area contributed by atoms with Gasteiger partial charge in [-0.15, -0.1) is 0 Å². The van der Waals surface area contributed by atoms with E-state index in [4.69, 9.17) is 4.74 Å². The number of carbonyl (C=O) groups excluding carboxylic acids is 1. The van der Waals surface area contributed by atoms with Crippen LogP contribution in [0.4, 0.5) is 19.3 Å². The Morgan fingerprint density at radius 3 is 2.65 bits per heavy atom. The van der Waals surface area contributed by atoms with Crippen LogP contribution >= 0.6 is 0 Å². The number of rotatable bonds is 3. The van der Waals surface area contributed by atoms with E-state index in [0.29, 0.717) is 19.0 Å². The molecule has 0 fully saturated rings. The van der Waals surface area contributed by atoms with Gasteiger partial charge in [-0.25, -0.2) is 22.0 Å². The molecule has 0 bridgehead atoms. The van der Waals surface area contributed by atoms with E-state index < -0.39 is 32.6 Å². The van der Waals surface area contributed by atoms with Gasteiger partial charge in [-0.05, 0) is 47.9 Å². The van der Waals surface area contributed by atoms with E-state index in [-0.39, 0.29) is 12.2 Å². The first-order valence-corrected chi connectivity index (χ1v) is 9.21. The topological polar surface area (TPSA) is 75.7 Å². The van der Waals surface area contributed by atoms with E-state index in [1.165, 1.54) is 12.0 Å². The van der Waals surface area contributed by atoms with Crippen LogP contribution in [0.15, 0.2) is 41.3 Å². The summed E-state index contributed by atoms with van der Waals surface area (Å²) in [7, 11) is -3.01. The Labute approximate surface area is 149 Å². The highest BCUT2D eigenvalue weighted by atomic mass is 32.2. The summed E-state index contributed by atoms with van der Waals surface area (Å²) in [6, 6.07) is 7.07. The van der Waals surface area contributed by atoms with Crippen molar-refractivity contribution in [3.63, 3.8) is 0 Å². The molecule has 0 unspecified atom stereocenters. The summed E-state index contributed by atoms with van der Waals surface area (Å²) >= 11 is 0. The van der Waals surface area contributed by atoms with Gasteiger partial charge in [0.05, 0.1) is 7.11 Å². The highest BCUT2D eigenvalue weighted by Crippen LogP contribution is 2.25. The Balaban J connectivity index is 1.87. The minimum Gasteiger partial charge on any atom is -0.453 e. The van der Waals surface area contributed by atoms with Crippen LogP contribution in [0.25, 0.3) is 0 Å². The third-order valence-electron chi connectivity index (χ3n) is 4.09. The fourth-order valence-electron chi connectivity index (χ4n) is 2.80. The van der Waals surface area contributed by atoms with Gasteiger partial charge >= 0.3 is 6.09 Å². The molecular formula is C17H16F2N2O4S. The normalized spacial score (nSPS) is 13.9. The van der Waals surface area contributed by atoms with Crippen LogP contribution in [0.3, 0.4) is 0 Å². The second-order valence-electron chi connectivity index (χ2n) is 5.81. The molecule has 3 rings (SSSR count). The summed E-state index contributed by atoms with van der Waals surface area (Å²) in [5, 5.41) is 0. The van der Waals surface area contributed by atoms with Gasteiger partial charge in [-0.2, -0.15) is 0 Å². The van der Waals surface area contributed by atoms with Crippen molar-refractivity contribution in [2.75, 3.05) is 18.4 Å². The molecule has 0 atom stereocenters. The first-order chi connectivity index (χ1) is 12.3. The van der Waals surface area contributed by atoms with Gasteiger partial charge in [0.1, 0.15) is 16.5 Å². The molecule has 0 saturated carbocycles. The van der Waals surface area contributed by atoms with E-state index >= 15 is 0 Å². The number of methoxy groups -OCH3 is 1. The van der Waals surface area contributed by atoms with Crippen molar-refractivity contribution in [3.8, 4) is 0 Å². The van der Waals surface area contributed by atoms with Crippen molar-refractivity contribution in [2.24, 2.45) is 0 Å². The Hall–Kier alpha value is -2.68. The van der Waals surface area contributed by atoms with Crippen LogP contribution in [-0.4, -0.2) is 33.1 Å². The predicted octanol–water partition coefficient (Wildman–Crippen LogP) is 2.89. The minimum atomic E-state index is -4.30. The number of fused-ring (bicyclic) bond motifs is 1. The molecule has 1 aliphatic rings. The molecule has 2 aromatic carbocycles. The van der Waals surface area contributed by atoms with Crippen molar-refractivity contribution in [1.29, 1.82) is 0 Å². The summed E-state index contributed by atoms with van der Waals surface area (Å²) in [5.41, 5.74) is 1.92. The Morgan fingerprint density at radius 1 is 1.15 bits per heavy atom. The van der Waals surface area contributed by atoms with Gasteiger partial charge in [-0.3, -0.25) is 4.72 Å². The van der Waals surface area contributed by atoms with Crippen molar-refractivity contribution < 1.29 is 26.7 Å². The molecule has 0 aromatic heterocycles. The van der Waals surface area contributed by atoms with Gasteiger partial charge in [0.25, 0.3) is 10.0 Å². The number of sulfonamides is 1. The second kappa shape index (κ2) is 6.91. The number of ether oxygens (including phenoxy) is 1. The molecule has 0 spiro atoms. The zero-order valence-electron chi connectivity index (χ0n) is 13.8. The van der Waals surface area contributed by atoms with Crippen LogP contribution in [0, 0.1) is 11.6 Å². The molecule has 1 N–H and O–H groups in total. The highest BCUT2D eigenvalue weighted by Gasteiger charge is 2.23. The van der Waals surface area contributed by atoms with Gasteiger partial charge in [0, 0.05) is 18.8 Å². The van der Waals surface area contributed by atoms with Crippen LogP contribution in [0.5, 0.6) is 0 Å². The highest BCUT2D eigenvalue weighted by molar-refractivity contribution is 7.92. The lowest BCUT2D eigenvalue weighted by Crippen LogP contribution is -2.35. The molecule has 0 aliphatic carbocycles. The lowest BCUT2D eigenvalue weighted by molar-refractivity contribution is 0.118. The van der Waals surface area contributed by atoms with E-state index in [0.717, 1.165) is 23.3 Å². The average Bonchev–Trinajstić information content (AvgIpc) is 2.62. The van der Waals surface area contributed by atoms with Gasteiger partial charge in [-0.1, -0.05) is 6.07 Å². The zero-order chi connectivity index (χ0) is 18.9. The Kier molecular flexibility index (Phi) is 4.82. The number of nitrogens with one attached hydrogen (secondary N) is 1. The number of carbonyl (C=O) groups is 1. The fraction of sp³-hybridized carbons (Fsp3) is 0.235. The number of benzene rings is 2. The van der Waals surface area contributed by atoms with Crippen LogP contribution in [0.2, 0.25) is 0 Å². The lowest BCUT2D eigenvalue weighted by Gasteiger charge is -2.28. The van der Waals surface area contributed by atoms with E-state index in [2.05, 4.69) is 4.72 Å². The lowest BCUT2D eigenvalue weighted by atomic mass is 9.99. The molecule has 0 radical (unpaired) electrons. The monoisotopic (exact) mass is 382 g/mol. The van der Waals surface area contributed by atoms with Gasteiger partial charge < -0.3 is 9.64 Å². The molecule has 26 heavy (non-hydrogen) atoms. The summed E-state index contributed by atoms with van der Waals surface area (Å²) < 4.78 is 58.7. The number of amides is 1. The molecule has 6 nitrogen and oxygen atoms in total. The maximum absolute atomic E-state index is 13.8.